The molecule has 2 aromatic carbocycles. The van der Waals surface area contributed by atoms with Crippen LogP contribution in [0.4, 0.5) is 4.79 Å². The fourth-order valence-corrected chi connectivity index (χ4v) is 4.75. The van der Waals surface area contributed by atoms with Crippen LogP contribution in [-0.2, 0) is 25.4 Å². The molecule has 2 atom stereocenters. The number of ether oxygens (including phenoxy) is 2. The molecule has 2 unspecified atom stereocenters. The van der Waals surface area contributed by atoms with Crippen LogP contribution in [0.3, 0.4) is 0 Å². The number of nitrogens with zero attached hydrogens (tertiary/aromatic N) is 1. The summed E-state index contributed by atoms with van der Waals surface area (Å²) in [5.74, 6) is 0. The molecule has 0 aromatic heterocycles. The van der Waals surface area contributed by atoms with Crippen LogP contribution in [0, 0.1) is 0 Å². The molecule has 178 valence electrons. The lowest BCUT2D eigenvalue weighted by atomic mass is 9.77. The molecule has 2 aromatic rings. The van der Waals surface area contributed by atoms with Crippen molar-refractivity contribution in [2.45, 2.75) is 64.0 Å². The van der Waals surface area contributed by atoms with E-state index < -0.39 is 7.12 Å². The van der Waals surface area contributed by atoms with Crippen LogP contribution in [0.25, 0.3) is 5.57 Å². The van der Waals surface area contributed by atoms with Gasteiger partial charge >= 0.3 is 13.2 Å². The van der Waals surface area contributed by atoms with Gasteiger partial charge in [-0.1, -0.05) is 60.7 Å². The van der Waals surface area contributed by atoms with Gasteiger partial charge in [0.1, 0.15) is 6.61 Å². The van der Waals surface area contributed by atoms with E-state index in [9.17, 15) is 4.79 Å². The second kappa shape index (κ2) is 8.88. The summed E-state index contributed by atoms with van der Waals surface area (Å²) in [5, 5.41) is 0. The number of amides is 1. The number of carbonyl (C=O) groups is 1. The first kappa shape index (κ1) is 23.2. The van der Waals surface area contributed by atoms with Gasteiger partial charge in [-0.05, 0) is 56.3 Å². The van der Waals surface area contributed by atoms with Crippen molar-refractivity contribution >= 4 is 24.2 Å². The van der Waals surface area contributed by atoms with Gasteiger partial charge < -0.3 is 18.8 Å². The fourth-order valence-electron chi connectivity index (χ4n) is 4.75. The lowest BCUT2D eigenvalue weighted by Gasteiger charge is -2.43. The van der Waals surface area contributed by atoms with Gasteiger partial charge in [0.2, 0.25) is 0 Å². The molecule has 3 aliphatic heterocycles. The minimum Gasteiger partial charge on any atom is -0.445 e. The maximum atomic E-state index is 13.0. The Kier molecular flexibility index (Phi) is 6.04. The van der Waals surface area contributed by atoms with Crippen LogP contribution in [0.5, 0.6) is 0 Å². The summed E-state index contributed by atoms with van der Waals surface area (Å²) >= 11 is 0. The largest absolute Gasteiger partial charge is 0.494 e. The summed E-state index contributed by atoms with van der Waals surface area (Å²) in [6, 6.07) is 17.9. The first-order valence-electron chi connectivity index (χ1n) is 12.0. The minimum atomic E-state index is -0.401. The zero-order chi connectivity index (χ0) is 23.9. The summed E-state index contributed by atoms with van der Waals surface area (Å²) in [6.45, 7) is 9.49. The van der Waals surface area contributed by atoms with E-state index in [0.717, 1.165) is 16.6 Å². The van der Waals surface area contributed by atoms with Crippen LogP contribution in [0.2, 0.25) is 0 Å². The maximum absolute atomic E-state index is 13.0. The molecule has 3 heterocycles. The third-order valence-electron chi connectivity index (χ3n) is 7.40. The molecule has 1 amide bonds. The first-order valence-corrected chi connectivity index (χ1v) is 12.0. The Morgan fingerprint density at radius 3 is 2.47 bits per heavy atom. The third-order valence-corrected chi connectivity index (χ3v) is 7.40. The van der Waals surface area contributed by atoms with Crippen molar-refractivity contribution in [3.05, 3.63) is 71.8 Å². The Balaban J connectivity index is 1.33. The Hall–Kier alpha value is -2.61. The standard InChI is InChI=1S/C27H32BNO5/c1-26(2)27(3,4)34-28(33-26)22-12-8-11-20(13-22)21-14-23-17-31-18-24(15-21)29(23)25(30)32-16-19-9-6-5-7-10-19/h5-14,23-24H,15-18H2,1-4H3. The van der Waals surface area contributed by atoms with E-state index in [1.807, 2.05) is 47.4 Å². The summed E-state index contributed by atoms with van der Waals surface area (Å²) in [5.41, 5.74) is 3.55. The van der Waals surface area contributed by atoms with Crippen molar-refractivity contribution in [3.63, 3.8) is 0 Å². The van der Waals surface area contributed by atoms with Crippen LogP contribution in [-0.4, -0.2) is 54.6 Å². The van der Waals surface area contributed by atoms with Gasteiger partial charge in [-0.3, -0.25) is 4.90 Å². The molecule has 3 aliphatic rings. The van der Waals surface area contributed by atoms with Crippen molar-refractivity contribution in [2.75, 3.05) is 13.2 Å². The lowest BCUT2D eigenvalue weighted by Crippen LogP contribution is -2.56. The molecule has 0 N–H and O–H groups in total. The van der Waals surface area contributed by atoms with Gasteiger partial charge in [0.25, 0.3) is 0 Å². The van der Waals surface area contributed by atoms with Gasteiger partial charge in [0.05, 0.1) is 36.5 Å². The van der Waals surface area contributed by atoms with Gasteiger partial charge in [0, 0.05) is 0 Å². The lowest BCUT2D eigenvalue weighted by molar-refractivity contribution is -0.0342. The SMILES string of the molecule is CC1(C)OB(c2cccc(C3=CC4COCC(C3)N4C(=O)OCc3ccccc3)c2)OC1(C)C. The Morgan fingerprint density at radius 1 is 1.03 bits per heavy atom. The monoisotopic (exact) mass is 461 g/mol. The van der Waals surface area contributed by atoms with Crippen molar-refractivity contribution < 1.29 is 23.6 Å². The highest BCUT2D eigenvalue weighted by Crippen LogP contribution is 2.37. The van der Waals surface area contributed by atoms with Crippen LogP contribution in [0.1, 0.15) is 45.2 Å². The molecule has 6 nitrogen and oxygen atoms in total. The molecule has 7 heteroatoms. The molecule has 2 bridgehead atoms. The molecule has 0 radical (unpaired) electrons. The first-order chi connectivity index (χ1) is 16.2. The molecule has 0 aliphatic carbocycles. The van der Waals surface area contributed by atoms with E-state index in [1.165, 1.54) is 5.57 Å². The Morgan fingerprint density at radius 2 is 1.76 bits per heavy atom. The highest BCUT2D eigenvalue weighted by Gasteiger charge is 2.51. The van der Waals surface area contributed by atoms with E-state index in [0.29, 0.717) is 19.6 Å². The summed E-state index contributed by atoms with van der Waals surface area (Å²) < 4.78 is 23.9. The molecule has 5 rings (SSSR count). The zero-order valence-electron chi connectivity index (χ0n) is 20.3. The molecule has 2 fully saturated rings. The minimum absolute atomic E-state index is 0.0532. The number of hydrogen-bond acceptors (Lipinski definition) is 5. The van der Waals surface area contributed by atoms with Crippen LogP contribution >= 0.6 is 0 Å². The third kappa shape index (κ3) is 4.40. The summed E-state index contributed by atoms with van der Waals surface area (Å²) in [7, 11) is -0.401. The second-order valence-electron chi connectivity index (χ2n) is 10.3. The quantitative estimate of drug-likeness (QED) is 0.640. The number of rotatable bonds is 4. The van der Waals surface area contributed by atoms with Crippen molar-refractivity contribution in [1.29, 1.82) is 0 Å². The van der Waals surface area contributed by atoms with Gasteiger partial charge in [-0.25, -0.2) is 4.79 Å². The molecular weight excluding hydrogens is 429 g/mol. The molecule has 0 spiro atoms. The second-order valence-corrected chi connectivity index (χ2v) is 10.3. The van der Waals surface area contributed by atoms with Crippen LogP contribution < -0.4 is 5.46 Å². The summed E-state index contributed by atoms with van der Waals surface area (Å²) in [6.07, 6.45) is 2.57. The van der Waals surface area contributed by atoms with E-state index in [2.05, 4.69) is 45.9 Å². The topological polar surface area (TPSA) is 57.2 Å². The van der Waals surface area contributed by atoms with E-state index >= 15 is 0 Å². The highest BCUT2D eigenvalue weighted by atomic mass is 16.7. The Labute approximate surface area is 202 Å². The predicted molar refractivity (Wildman–Crippen MR) is 132 cm³/mol. The van der Waals surface area contributed by atoms with Crippen LogP contribution in [0.15, 0.2) is 60.7 Å². The number of carbonyl (C=O) groups excluding carboxylic acids is 1. The average Bonchev–Trinajstić information content (AvgIpc) is 3.04. The van der Waals surface area contributed by atoms with Gasteiger partial charge in [0.15, 0.2) is 0 Å². The van der Waals surface area contributed by atoms with E-state index in [-0.39, 0.29) is 36.0 Å². The number of fused-ring (bicyclic) bond motifs is 2. The van der Waals surface area contributed by atoms with Crippen molar-refractivity contribution in [2.24, 2.45) is 0 Å². The van der Waals surface area contributed by atoms with E-state index in [4.69, 9.17) is 18.8 Å². The zero-order valence-corrected chi connectivity index (χ0v) is 20.3. The van der Waals surface area contributed by atoms with Crippen molar-refractivity contribution in [3.8, 4) is 0 Å². The molecular formula is C27H32BNO5. The maximum Gasteiger partial charge on any atom is 0.494 e. The highest BCUT2D eigenvalue weighted by molar-refractivity contribution is 6.62. The van der Waals surface area contributed by atoms with Gasteiger partial charge in [-0.2, -0.15) is 0 Å². The molecule has 34 heavy (non-hydrogen) atoms. The van der Waals surface area contributed by atoms with Gasteiger partial charge in [-0.15, -0.1) is 0 Å². The number of morpholine rings is 1. The normalized spacial score (nSPS) is 25.1. The number of benzene rings is 2. The van der Waals surface area contributed by atoms with Crippen molar-refractivity contribution in [1.82, 2.24) is 4.90 Å². The average molecular weight is 461 g/mol. The molecule has 0 saturated carbocycles. The Bertz CT molecular complexity index is 1070. The molecule has 2 saturated heterocycles. The summed E-state index contributed by atoms with van der Waals surface area (Å²) in [4.78, 5) is 14.8. The fraction of sp³-hybridized carbons (Fsp3) is 0.444. The predicted octanol–water partition coefficient (Wildman–Crippen LogP) is 4.18. The number of hydrogen-bond donors (Lipinski definition) is 0. The van der Waals surface area contributed by atoms with E-state index in [1.54, 1.807) is 0 Å². The smallest absolute Gasteiger partial charge is 0.445 e.